The van der Waals surface area contributed by atoms with E-state index in [0.717, 1.165) is 41.3 Å². The van der Waals surface area contributed by atoms with Crippen LogP contribution in [-0.2, 0) is 14.3 Å². The Bertz CT molecular complexity index is 1010. The van der Waals surface area contributed by atoms with E-state index in [1.165, 1.54) is 0 Å². The Hall–Kier alpha value is -2.84. The molecule has 0 spiro atoms. The fourth-order valence-corrected chi connectivity index (χ4v) is 4.59. The molecule has 1 saturated heterocycles. The molecule has 2 atom stereocenters. The van der Waals surface area contributed by atoms with Gasteiger partial charge in [0.1, 0.15) is 5.82 Å². The zero-order valence-corrected chi connectivity index (χ0v) is 20.9. The van der Waals surface area contributed by atoms with E-state index in [-0.39, 0.29) is 36.5 Å². The SMILES string of the molecule is CC(=O)N1c2ccc(-c3ccc(N4CCOCC4)nc3)cc2[C@@H](NC(=O)OC(C)C)C[C@H]1C.Cl. The molecule has 3 heterocycles. The van der Waals surface area contributed by atoms with Crippen LogP contribution >= 0.6 is 12.4 Å². The minimum atomic E-state index is -0.452. The van der Waals surface area contributed by atoms with E-state index in [9.17, 15) is 9.59 Å². The monoisotopic (exact) mass is 488 g/mol. The fourth-order valence-electron chi connectivity index (χ4n) is 4.59. The minimum Gasteiger partial charge on any atom is -0.447 e. The molecule has 1 aromatic carbocycles. The predicted molar refractivity (Wildman–Crippen MR) is 135 cm³/mol. The highest BCUT2D eigenvalue weighted by Gasteiger charge is 2.33. The number of fused-ring (bicyclic) bond motifs is 1. The van der Waals surface area contributed by atoms with Crippen LogP contribution in [0.1, 0.15) is 45.7 Å². The van der Waals surface area contributed by atoms with Crippen LogP contribution in [-0.4, -0.2) is 55.4 Å². The average molecular weight is 489 g/mol. The van der Waals surface area contributed by atoms with Gasteiger partial charge < -0.3 is 24.6 Å². The number of ether oxygens (including phenoxy) is 2. The number of nitrogens with zero attached hydrogens (tertiary/aromatic N) is 3. The second kappa shape index (κ2) is 11.1. The van der Waals surface area contributed by atoms with Gasteiger partial charge in [0.05, 0.1) is 25.4 Å². The molecule has 0 unspecified atom stereocenters. The summed E-state index contributed by atoms with van der Waals surface area (Å²) < 4.78 is 10.7. The van der Waals surface area contributed by atoms with Crippen molar-refractivity contribution in [1.29, 1.82) is 0 Å². The molecule has 4 rings (SSSR count). The van der Waals surface area contributed by atoms with Crippen molar-refractivity contribution in [3.63, 3.8) is 0 Å². The summed E-state index contributed by atoms with van der Waals surface area (Å²) in [5, 5.41) is 2.99. The molecule has 34 heavy (non-hydrogen) atoms. The summed E-state index contributed by atoms with van der Waals surface area (Å²) in [5.41, 5.74) is 3.68. The van der Waals surface area contributed by atoms with Gasteiger partial charge in [-0.3, -0.25) is 4.79 Å². The Balaban J connectivity index is 0.00000324. The van der Waals surface area contributed by atoms with Crippen molar-refractivity contribution in [2.45, 2.75) is 52.3 Å². The van der Waals surface area contributed by atoms with Crippen LogP contribution in [0.25, 0.3) is 11.1 Å². The number of amides is 2. The Kier molecular flexibility index (Phi) is 8.38. The van der Waals surface area contributed by atoms with Crippen molar-refractivity contribution >= 4 is 35.9 Å². The van der Waals surface area contributed by atoms with Gasteiger partial charge in [-0.15, -0.1) is 12.4 Å². The first kappa shape index (κ1) is 25.8. The molecule has 1 aromatic heterocycles. The number of nitrogens with one attached hydrogen (secondary N) is 1. The first-order valence-corrected chi connectivity index (χ1v) is 11.5. The molecule has 2 aliphatic heterocycles. The number of aromatic nitrogens is 1. The van der Waals surface area contributed by atoms with E-state index in [1.54, 1.807) is 11.8 Å². The van der Waals surface area contributed by atoms with Gasteiger partial charge in [0.25, 0.3) is 0 Å². The van der Waals surface area contributed by atoms with E-state index < -0.39 is 6.09 Å². The maximum Gasteiger partial charge on any atom is 0.407 e. The third-order valence-corrected chi connectivity index (χ3v) is 6.07. The van der Waals surface area contributed by atoms with Crippen molar-refractivity contribution in [3.05, 3.63) is 42.1 Å². The lowest BCUT2D eigenvalue weighted by Crippen LogP contribution is -2.45. The van der Waals surface area contributed by atoms with Crippen LogP contribution < -0.4 is 15.1 Å². The third-order valence-electron chi connectivity index (χ3n) is 6.07. The van der Waals surface area contributed by atoms with Gasteiger partial charge in [-0.25, -0.2) is 9.78 Å². The lowest BCUT2D eigenvalue weighted by Gasteiger charge is -2.39. The predicted octanol–water partition coefficient (Wildman–Crippen LogP) is 4.33. The van der Waals surface area contributed by atoms with Crippen LogP contribution in [0.2, 0.25) is 0 Å². The van der Waals surface area contributed by atoms with E-state index in [2.05, 4.69) is 21.3 Å². The summed E-state index contributed by atoms with van der Waals surface area (Å²) in [7, 11) is 0. The number of rotatable bonds is 4. The lowest BCUT2D eigenvalue weighted by atomic mass is 9.89. The number of morpholine rings is 1. The van der Waals surface area contributed by atoms with E-state index in [0.29, 0.717) is 19.6 Å². The highest BCUT2D eigenvalue weighted by Crippen LogP contribution is 2.39. The first-order valence-electron chi connectivity index (χ1n) is 11.5. The molecule has 1 fully saturated rings. The van der Waals surface area contributed by atoms with Gasteiger partial charge in [0.15, 0.2) is 0 Å². The number of hydrogen-bond acceptors (Lipinski definition) is 6. The Morgan fingerprint density at radius 3 is 2.47 bits per heavy atom. The Morgan fingerprint density at radius 1 is 1.15 bits per heavy atom. The molecule has 0 radical (unpaired) electrons. The largest absolute Gasteiger partial charge is 0.447 e. The van der Waals surface area contributed by atoms with Gasteiger partial charge >= 0.3 is 6.09 Å². The van der Waals surface area contributed by atoms with Crippen molar-refractivity contribution in [3.8, 4) is 11.1 Å². The van der Waals surface area contributed by atoms with E-state index in [1.807, 2.05) is 51.2 Å². The van der Waals surface area contributed by atoms with Gasteiger partial charge in [-0.1, -0.05) is 6.07 Å². The average Bonchev–Trinajstić information content (AvgIpc) is 2.79. The van der Waals surface area contributed by atoms with Crippen molar-refractivity contribution in [2.75, 3.05) is 36.1 Å². The lowest BCUT2D eigenvalue weighted by molar-refractivity contribution is -0.117. The van der Waals surface area contributed by atoms with Gasteiger partial charge in [-0.05, 0) is 62.6 Å². The molecule has 184 valence electrons. The van der Waals surface area contributed by atoms with Gasteiger partial charge in [0.2, 0.25) is 5.91 Å². The maximum atomic E-state index is 12.4. The number of anilines is 2. The zero-order valence-electron chi connectivity index (χ0n) is 20.1. The summed E-state index contributed by atoms with van der Waals surface area (Å²) in [6.07, 6.45) is 1.82. The third kappa shape index (κ3) is 5.62. The van der Waals surface area contributed by atoms with Crippen LogP contribution in [0, 0.1) is 0 Å². The quantitative estimate of drug-likeness (QED) is 0.689. The smallest absolute Gasteiger partial charge is 0.407 e. The Labute approximate surface area is 207 Å². The molecule has 1 N–H and O–H groups in total. The number of carbonyl (C=O) groups excluding carboxylic acids is 2. The van der Waals surface area contributed by atoms with Crippen LogP contribution in [0.15, 0.2) is 36.5 Å². The molecule has 9 heteroatoms. The number of hydrogen-bond donors (Lipinski definition) is 1. The fraction of sp³-hybridized carbons (Fsp3) is 0.480. The maximum absolute atomic E-state index is 12.4. The molecule has 2 aromatic rings. The van der Waals surface area contributed by atoms with Crippen molar-refractivity contribution in [1.82, 2.24) is 10.3 Å². The standard InChI is InChI=1S/C25H32N4O4.ClH/c1-16(2)33-25(31)27-22-13-17(3)29(18(4)30)23-7-5-19(14-21(22)23)20-6-8-24(26-15-20)28-9-11-32-12-10-28;/h5-8,14-17,22H,9-13H2,1-4H3,(H,27,31);1H/t17-,22+;/m1./s1. The summed E-state index contributed by atoms with van der Waals surface area (Å²) >= 11 is 0. The second-order valence-electron chi connectivity index (χ2n) is 8.90. The molecule has 2 amide bonds. The summed E-state index contributed by atoms with van der Waals surface area (Å²) in [6, 6.07) is 9.80. The summed E-state index contributed by atoms with van der Waals surface area (Å²) in [4.78, 5) is 33.4. The zero-order chi connectivity index (χ0) is 23.5. The molecule has 0 saturated carbocycles. The number of alkyl carbamates (subject to hydrolysis) is 1. The molecular formula is C25H33ClN4O4. The van der Waals surface area contributed by atoms with E-state index >= 15 is 0 Å². The second-order valence-corrected chi connectivity index (χ2v) is 8.90. The Morgan fingerprint density at radius 2 is 1.85 bits per heavy atom. The van der Waals surface area contributed by atoms with Gasteiger partial charge in [0, 0.05) is 43.5 Å². The molecule has 2 aliphatic rings. The highest BCUT2D eigenvalue weighted by atomic mass is 35.5. The van der Waals surface area contributed by atoms with Crippen LogP contribution in [0.5, 0.6) is 0 Å². The number of carbonyl (C=O) groups is 2. The van der Waals surface area contributed by atoms with Crippen LogP contribution in [0.3, 0.4) is 0 Å². The normalized spacial score (nSPS) is 19.8. The molecular weight excluding hydrogens is 456 g/mol. The summed E-state index contributed by atoms with van der Waals surface area (Å²) in [5.74, 6) is 0.920. The van der Waals surface area contributed by atoms with Crippen molar-refractivity contribution < 1.29 is 19.1 Å². The number of benzene rings is 1. The number of pyridine rings is 1. The topological polar surface area (TPSA) is 84.0 Å². The number of halogens is 1. The summed E-state index contributed by atoms with van der Waals surface area (Å²) in [6.45, 7) is 10.3. The van der Waals surface area contributed by atoms with Gasteiger partial charge in [-0.2, -0.15) is 0 Å². The molecule has 0 aliphatic carbocycles. The highest BCUT2D eigenvalue weighted by molar-refractivity contribution is 5.94. The molecule has 0 bridgehead atoms. The molecule has 8 nitrogen and oxygen atoms in total. The van der Waals surface area contributed by atoms with Crippen molar-refractivity contribution in [2.24, 2.45) is 0 Å². The minimum absolute atomic E-state index is 0. The first-order chi connectivity index (χ1) is 15.8. The van der Waals surface area contributed by atoms with E-state index in [4.69, 9.17) is 9.47 Å². The van der Waals surface area contributed by atoms with Crippen LogP contribution in [0.4, 0.5) is 16.3 Å².